The lowest BCUT2D eigenvalue weighted by atomic mass is 9.87. The summed E-state index contributed by atoms with van der Waals surface area (Å²) in [5, 5.41) is 15.4. The van der Waals surface area contributed by atoms with Crippen molar-refractivity contribution in [3.63, 3.8) is 0 Å². The van der Waals surface area contributed by atoms with Crippen molar-refractivity contribution in [3.8, 4) is 33.4 Å². The van der Waals surface area contributed by atoms with Crippen molar-refractivity contribution < 1.29 is 0 Å². The second-order valence-corrected chi connectivity index (χ2v) is 12.8. The lowest BCUT2D eigenvalue weighted by Gasteiger charge is -2.17. The Labute approximate surface area is 279 Å². The molecule has 0 unspecified atom stereocenters. The topological polar surface area (TPSA) is 0 Å². The van der Waals surface area contributed by atoms with E-state index < -0.39 is 0 Å². The minimum atomic E-state index is 1.22. The van der Waals surface area contributed by atoms with Crippen LogP contribution in [-0.4, -0.2) is 0 Å². The van der Waals surface area contributed by atoms with Gasteiger partial charge in [-0.25, -0.2) is 0 Å². The second-order valence-electron chi connectivity index (χ2n) is 12.8. The summed E-state index contributed by atoms with van der Waals surface area (Å²) < 4.78 is 0. The van der Waals surface area contributed by atoms with Crippen LogP contribution in [0.1, 0.15) is 0 Å². The first-order chi connectivity index (χ1) is 23.8. The molecule has 48 heavy (non-hydrogen) atoms. The van der Waals surface area contributed by atoms with E-state index in [1.54, 1.807) is 0 Å². The number of hydrogen-bond donors (Lipinski definition) is 0. The van der Waals surface area contributed by atoms with Gasteiger partial charge in [-0.3, -0.25) is 0 Å². The van der Waals surface area contributed by atoms with Gasteiger partial charge in [0.05, 0.1) is 0 Å². The fourth-order valence-electron chi connectivity index (χ4n) is 8.01. The zero-order valence-electron chi connectivity index (χ0n) is 26.3. The van der Waals surface area contributed by atoms with Gasteiger partial charge in [0.2, 0.25) is 0 Å². The second kappa shape index (κ2) is 10.7. The molecule has 0 aliphatic carbocycles. The van der Waals surface area contributed by atoms with Gasteiger partial charge < -0.3 is 0 Å². The van der Waals surface area contributed by atoms with E-state index in [1.807, 2.05) is 0 Å². The molecule has 0 spiro atoms. The molecule has 0 fully saturated rings. The summed E-state index contributed by atoms with van der Waals surface area (Å²) in [4.78, 5) is 0. The molecule has 0 aliphatic heterocycles. The van der Waals surface area contributed by atoms with Crippen LogP contribution in [0.25, 0.3) is 98.0 Å². The number of hydrogen-bond acceptors (Lipinski definition) is 0. The average molecular weight is 607 g/mol. The molecule has 0 N–H and O–H groups in total. The van der Waals surface area contributed by atoms with Crippen molar-refractivity contribution in [1.29, 1.82) is 0 Å². The molecule has 0 aliphatic rings. The van der Waals surface area contributed by atoms with E-state index in [0.717, 1.165) is 0 Å². The third kappa shape index (κ3) is 4.10. The van der Waals surface area contributed by atoms with Gasteiger partial charge in [0.15, 0.2) is 0 Å². The molecule has 0 atom stereocenters. The Morgan fingerprint density at radius 1 is 0.188 bits per heavy atom. The summed E-state index contributed by atoms with van der Waals surface area (Å²) >= 11 is 0. The Morgan fingerprint density at radius 3 is 1.08 bits per heavy atom. The van der Waals surface area contributed by atoms with Gasteiger partial charge in [0.25, 0.3) is 0 Å². The molecule has 0 amide bonds. The lowest BCUT2D eigenvalue weighted by Crippen LogP contribution is -1.90. The summed E-state index contributed by atoms with van der Waals surface area (Å²) in [6.07, 6.45) is 0. The Kier molecular flexibility index (Phi) is 5.98. The fraction of sp³-hybridized carbons (Fsp3) is 0. The molecule has 0 radical (unpaired) electrons. The van der Waals surface area contributed by atoms with Gasteiger partial charge in [-0.05, 0) is 110 Å². The number of fused-ring (bicyclic) bond motifs is 9. The van der Waals surface area contributed by atoms with Crippen molar-refractivity contribution in [3.05, 3.63) is 182 Å². The molecule has 0 nitrogen and oxygen atoms in total. The zero-order chi connectivity index (χ0) is 31.6. The maximum atomic E-state index is 2.42. The molecule has 0 saturated carbocycles. The normalized spacial score (nSPS) is 11.8. The molecule has 222 valence electrons. The summed E-state index contributed by atoms with van der Waals surface area (Å²) in [6, 6.07) is 67.1. The Bertz CT molecular complexity index is 2840. The predicted molar refractivity (Wildman–Crippen MR) is 208 cm³/mol. The van der Waals surface area contributed by atoms with Crippen molar-refractivity contribution in [2.45, 2.75) is 0 Å². The molecule has 10 rings (SSSR count). The highest BCUT2D eigenvalue weighted by Crippen LogP contribution is 2.43. The van der Waals surface area contributed by atoms with Crippen LogP contribution < -0.4 is 0 Å². The highest BCUT2D eigenvalue weighted by Gasteiger charge is 2.16. The smallest absolute Gasteiger partial charge is 0.00928 e. The van der Waals surface area contributed by atoms with Gasteiger partial charge in [0, 0.05) is 0 Å². The van der Waals surface area contributed by atoms with E-state index in [-0.39, 0.29) is 0 Å². The maximum absolute atomic E-state index is 2.42. The number of rotatable bonds is 3. The highest BCUT2D eigenvalue weighted by atomic mass is 14.2. The van der Waals surface area contributed by atoms with Gasteiger partial charge in [-0.15, -0.1) is 0 Å². The SMILES string of the molecule is c1ccc2c(-c3ccc(-c4cccc5ccccc45)c4cc(-c5ccc6c7ccccc7c7ccccc7c6c5)ccc34)cccc2c1. The van der Waals surface area contributed by atoms with Crippen molar-refractivity contribution in [2.24, 2.45) is 0 Å². The monoisotopic (exact) mass is 606 g/mol. The van der Waals surface area contributed by atoms with Crippen LogP contribution in [0.4, 0.5) is 0 Å². The van der Waals surface area contributed by atoms with Crippen LogP contribution in [0.15, 0.2) is 182 Å². The van der Waals surface area contributed by atoms with E-state index in [1.165, 1.54) is 98.0 Å². The minimum absolute atomic E-state index is 1.22. The molecular formula is C48H30. The lowest BCUT2D eigenvalue weighted by molar-refractivity contribution is 1.64. The molecular weight excluding hydrogens is 577 g/mol. The predicted octanol–water partition coefficient (Wildman–Crippen LogP) is 13.6. The first-order valence-corrected chi connectivity index (χ1v) is 16.7. The zero-order valence-corrected chi connectivity index (χ0v) is 26.3. The van der Waals surface area contributed by atoms with Crippen LogP contribution in [-0.2, 0) is 0 Å². The molecule has 0 bridgehead atoms. The molecule has 0 heteroatoms. The largest absolute Gasteiger partial charge is 0.0616 e. The maximum Gasteiger partial charge on any atom is -0.00928 e. The Hall–Kier alpha value is -6.24. The highest BCUT2D eigenvalue weighted by molar-refractivity contribution is 6.26. The molecule has 10 aromatic rings. The average Bonchev–Trinajstić information content (AvgIpc) is 3.17. The first kappa shape index (κ1) is 26.9. The van der Waals surface area contributed by atoms with Crippen molar-refractivity contribution in [1.82, 2.24) is 0 Å². The van der Waals surface area contributed by atoms with E-state index in [0.29, 0.717) is 0 Å². The van der Waals surface area contributed by atoms with Crippen LogP contribution in [0.5, 0.6) is 0 Å². The van der Waals surface area contributed by atoms with E-state index in [9.17, 15) is 0 Å². The molecule has 10 aromatic carbocycles. The third-order valence-electron chi connectivity index (χ3n) is 10.3. The van der Waals surface area contributed by atoms with Gasteiger partial charge in [-0.2, -0.15) is 0 Å². The summed E-state index contributed by atoms with van der Waals surface area (Å²) in [7, 11) is 0. The van der Waals surface area contributed by atoms with Crippen LogP contribution in [0.2, 0.25) is 0 Å². The van der Waals surface area contributed by atoms with Crippen LogP contribution >= 0.6 is 0 Å². The van der Waals surface area contributed by atoms with E-state index in [2.05, 4.69) is 182 Å². The van der Waals surface area contributed by atoms with Crippen molar-refractivity contribution >= 4 is 64.6 Å². The Balaban J connectivity index is 1.26. The van der Waals surface area contributed by atoms with E-state index >= 15 is 0 Å². The fourth-order valence-corrected chi connectivity index (χ4v) is 8.01. The van der Waals surface area contributed by atoms with E-state index in [4.69, 9.17) is 0 Å². The quantitative estimate of drug-likeness (QED) is 0.176. The molecule has 0 heterocycles. The van der Waals surface area contributed by atoms with Gasteiger partial charge in [0.1, 0.15) is 0 Å². The first-order valence-electron chi connectivity index (χ1n) is 16.7. The van der Waals surface area contributed by atoms with Crippen molar-refractivity contribution in [2.75, 3.05) is 0 Å². The van der Waals surface area contributed by atoms with Gasteiger partial charge >= 0.3 is 0 Å². The Morgan fingerprint density at radius 2 is 0.542 bits per heavy atom. The van der Waals surface area contributed by atoms with Crippen LogP contribution in [0, 0.1) is 0 Å². The molecule has 0 saturated heterocycles. The molecule has 0 aromatic heterocycles. The summed E-state index contributed by atoms with van der Waals surface area (Å²) in [5.74, 6) is 0. The standard InChI is InChI=1S/C48H30/c1-3-15-35-31(11-1)13-9-21-37(35)43-27-28-46(38-22-10-14-32-12-2-4-16-36(32)38)48-30-34(24-26-45(43)48)33-23-25-44-41-19-6-5-17-39(41)40-18-7-8-20-42(40)47(44)29-33/h1-30H. The third-order valence-corrected chi connectivity index (χ3v) is 10.3. The van der Waals surface area contributed by atoms with Gasteiger partial charge in [-0.1, -0.05) is 170 Å². The minimum Gasteiger partial charge on any atom is -0.0616 e. The number of benzene rings is 10. The summed E-state index contributed by atoms with van der Waals surface area (Å²) in [5.41, 5.74) is 7.48. The van der Waals surface area contributed by atoms with Crippen LogP contribution in [0.3, 0.4) is 0 Å². The summed E-state index contributed by atoms with van der Waals surface area (Å²) in [6.45, 7) is 0.